The third kappa shape index (κ3) is 3.78. The zero-order valence-electron chi connectivity index (χ0n) is 15.8. The topological polar surface area (TPSA) is 78.4 Å². The molecule has 1 saturated heterocycles. The van der Waals surface area contributed by atoms with Gasteiger partial charge in [-0.25, -0.2) is 9.07 Å². The van der Waals surface area contributed by atoms with Gasteiger partial charge >= 0.3 is 0 Å². The van der Waals surface area contributed by atoms with Gasteiger partial charge in [-0.2, -0.15) is 0 Å². The normalized spacial score (nSPS) is 14.4. The molecule has 0 saturated carbocycles. The van der Waals surface area contributed by atoms with Crippen LogP contribution in [-0.4, -0.2) is 46.8 Å². The first-order valence-corrected chi connectivity index (χ1v) is 9.54. The number of carbonyl (C=O) groups is 1. The van der Waals surface area contributed by atoms with Crippen LogP contribution in [-0.2, 0) is 11.3 Å². The van der Waals surface area contributed by atoms with E-state index in [0.29, 0.717) is 42.6 Å². The number of aromatic amines is 1. The third-order valence-electron chi connectivity index (χ3n) is 5.26. The van der Waals surface area contributed by atoms with Crippen LogP contribution in [0.5, 0.6) is 0 Å². The zero-order valence-corrected chi connectivity index (χ0v) is 15.8. The number of nitrogens with zero attached hydrogens (tertiary/aromatic N) is 3. The second kappa shape index (κ2) is 7.90. The molecule has 0 radical (unpaired) electrons. The molecule has 0 unspecified atom stereocenters. The molecule has 1 aliphatic rings. The first-order chi connectivity index (χ1) is 14.0. The summed E-state index contributed by atoms with van der Waals surface area (Å²) in [6.07, 6.45) is 0.105. The second-order valence-electron chi connectivity index (χ2n) is 7.01. The van der Waals surface area contributed by atoms with Crippen molar-refractivity contribution in [3.63, 3.8) is 0 Å². The number of amides is 1. The van der Waals surface area contributed by atoms with E-state index in [1.165, 1.54) is 10.7 Å². The van der Waals surface area contributed by atoms with E-state index in [-0.39, 0.29) is 35.8 Å². The lowest BCUT2D eigenvalue weighted by atomic mass is 10.2. The summed E-state index contributed by atoms with van der Waals surface area (Å²) in [6.45, 7) is 2.15. The number of fused-ring (bicyclic) bond motifs is 1. The molecule has 0 spiro atoms. The van der Waals surface area contributed by atoms with Crippen molar-refractivity contribution in [2.75, 3.05) is 31.1 Å². The summed E-state index contributed by atoms with van der Waals surface area (Å²) in [7, 11) is 0. The first kappa shape index (κ1) is 18.9. The molecule has 3 aromatic rings. The molecule has 2 aromatic carbocycles. The van der Waals surface area contributed by atoms with Crippen molar-refractivity contribution in [3.05, 3.63) is 75.1 Å². The summed E-state index contributed by atoms with van der Waals surface area (Å²) < 4.78 is 15.1. The molecule has 150 valence electrons. The van der Waals surface area contributed by atoms with Crippen molar-refractivity contribution >= 4 is 22.4 Å². The van der Waals surface area contributed by atoms with Crippen LogP contribution in [0.4, 0.5) is 10.1 Å². The van der Waals surface area contributed by atoms with Gasteiger partial charge in [0.15, 0.2) is 0 Å². The van der Waals surface area contributed by atoms with Gasteiger partial charge in [0.1, 0.15) is 5.82 Å². The molecule has 29 heavy (non-hydrogen) atoms. The van der Waals surface area contributed by atoms with E-state index in [1.54, 1.807) is 47.4 Å². The summed E-state index contributed by atoms with van der Waals surface area (Å²) in [4.78, 5) is 40.9. The van der Waals surface area contributed by atoms with Gasteiger partial charge in [-0.05, 0) is 24.3 Å². The Balaban J connectivity index is 1.39. The fourth-order valence-electron chi connectivity index (χ4n) is 3.67. The van der Waals surface area contributed by atoms with E-state index >= 15 is 0 Å². The van der Waals surface area contributed by atoms with Gasteiger partial charge in [0.25, 0.3) is 11.1 Å². The molecule has 7 nitrogen and oxygen atoms in total. The summed E-state index contributed by atoms with van der Waals surface area (Å²) >= 11 is 0. The molecule has 0 aliphatic carbocycles. The van der Waals surface area contributed by atoms with Crippen LogP contribution in [0, 0.1) is 5.82 Å². The maximum atomic E-state index is 13.9. The number of piperazine rings is 1. The fourth-order valence-corrected chi connectivity index (χ4v) is 3.67. The van der Waals surface area contributed by atoms with E-state index in [1.807, 2.05) is 4.90 Å². The quantitative estimate of drug-likeness (QED) is 0.726. The Hall–Kier alpha value is -3.42. The van der Waals surface area contributed by atoms with Crippen molar-refractivity contribution in [3.8, 4) is 0 Å². The second-order valence-corrected chi connectivity index (χ2v) is 7.01. The van der Waals surface area contributed by atoms with Gasteiger partial charge in [0.05, 0.1) is 23.0 Å². The van der Waals surface area contributed by atoms with Gasteiger partial charge in [0, 0.05) is 32.6 Å². The van der Waals surface area contributed by atoms with Gasteiger partial charge in [-0.15, -0.1) is 0 Å². The molecule has 1 amide bonds. The molecule has 8 heteroatoms. The Morgan fingerprint density at radius 2 is 1.59 bits per heavy atom. The zero-order chi connectivity index (χ0) is 20.4. The number of hydrogen-bond donors (Lipinski definition) is 1. The Kier molecular flexibility index (Phi) is 5.16. The van der Waals surface area contributed by atoms with Crippen LogP contribution < -0.4 is 16.0 Å². The van der Waals surface area contributed by atoms with Gasteiger partial charge in [0.2, 0.25) is 5.91 Å². The number of anilines is 1. The fraction of sp³-hybridized carbons (Fsp3) is 0.286. The minimum Gasteiger partial charge on any atom is -0.366 e. The number of aromatic nitrogens is 2. The van der Waals surface area contributed by atoms with Crippen molar-refractivity contribution < 1.29 is 9.18 Å². The van der Waals surface area contributed by atoms with Gasteiger partial charge < -0.3 is 9.80 Å². The van der Waals surface area contributed by atoms with Crippen LogP contribution in [0.2, 0.25) is 0 Å². The van der Waals surface area contributed by atoms with E-state index in [9.17, 15) is 18.8 Å². The molecule has 0 atom stereocenters. The van der Waals surface area contributed by atoms with E-state index in [0.717, 1.165) is 0 Å². The number of halogens is 1. The lowest BCUT2D eigenvalue weighted by molar-refractivity contribution is -0.131. The first-order valence-electron chi connectivity index (χ1n) is 9.54. The summed E-state index contributed by atoms with van der Waals surface area (Å²) in [5.41, 5.74) is -0.136. The smallest absolute Gasteiger partial charge is 0.273 e. The van der Waals surface area contributed by atoms with Gasteiger partial charge in [-0.1, -0.05) is 24.3 Å². The lowest BCUT2D eigenvalue weighted by Gasteiger charge is -2.36. The average molecular weight is 396 g/mol. The molecule has 1 aliphatic heterocycles. The highest BCUT2D eigenvalue weighted by Crippen LogP contribution is 2.20. The Labute approximate surface area is 166 Å². The third-order valence-corrected chi connectivity index (χ3v) is 5.26. The number of nitrogens with one attached hydrogen (secondary N) is 1. The molecular formula is C21H21FN4O3. The van der Waals surface area contributed by atoms with Crippen molar-refractivity contribution in [1.82, 2.24) is 14.7 Å². The van der Waals surface area contributed by atoms with Crippen LogP contribution in [0.25, 0.3) is 10.8 Å². The number of carbonyl (C=O) groups excluding carboxylic acids is 1. The molecular weight excluding hydrogens is 375 g/mol. The summed E-state index contributed by atoms with van der Waals surface area (Å²) in [6, 6.07) is 13.2. The van der Waals surface area contributed by atoms with Crippen molar-refractivity contribution in [2.45, 2.75) is 13.0 Å². The van der Waals surface area contributed by atoms with Crippen LogP contribution >= 0.6 is 0 Å². The number of para-hydroxylation sites is 1. The van der Waals surface area contributed by atoms with Crippen LogP contribution in [0.1, 0.15) is 6.42 Å². The Bertz CT molecular complexity index is 1160. The highest BCUT2D eigenvalue weighted by atomic mass is 19.1. The molecule has 2 heterocycles. The molecule has 0 bridgehead atoms. The molecule has 1 N–H and O–H groups in total. The highest BCUT2D eigenvalue weighted by Gasteiger charge is 2.22. The number of hydrogen-bond acceptors (Lipinski definition) is 4. The van der Waals surface area contributed by atoms with E-state index in [4.69, 9.17) is 0 Å². The Morgan fingerprint density at radius 3 is 2.31 bits per heavy atom. The van der Waals surface area contributed by atoms with E-state index < -0.39 is 0 Å². The maximum absolute atomic E-state index is 13.9. The monoisotopic (exact) mass is 396 g/mol. The van der Waals surface area contributed by atoms with Crippen LogP contribution in [0.3, 0.4) is 0 Å². The minimum atomic E-state index is -0.355. The number of H-pyrrole nitrogens is 1. The maximum Gasteiger partial charge on any atom is 0.273 e. The molecule has 1 aromatic heterocycles. The standard InChI is InChI=1S/C21H21FN4O3/c22-17-7-3-4-8-18(17)24-11-13-25(14-12-24)19(27)9-10-26-21(29)16-6-2-1-5-15(16)20(28)23-26/h1-8H,9-14H2,(H,23,28). The number of aryl methyl sites for hydroxylation is 1. The van der Waals surface area contributed by atoms with E-state index in [2.05, 4.69) is 5.10 Å². The van der Waals surface area contributed by atoms with Gasteiger partial charge in [-0.3, -0.25) is 19.5 Å². The summed E-state index contributed by atoms with van der Waals surface area (Å²) in [5, 5.41) is 3.21. The molecule has 1 fully saturated rings. The summed E-state index contributed by atoms with van der Waals surface area (Å²) in [5.74, 6) is -0.369. The predicted octanol–water partition coefficient (Wildman–Crippen LogP) is 1.57. The predicted molar refractivity (Wildman–Crippen MR) is 109 cm³/mol. The highest BCUT2D eigenvalue weighted by molar-refractivity contribution is 5.80. The van der Waals surface area contributed by atoms with Crippen molar-refractivity contribution in [2.24, 2.45) is 0 Å². The minimum absolute atomic E-state index is 0.0981. The average Bonchev–Trinajstić information content (AvgIpc) is 2.75. The SMILES string of the molecule is O=C(CCn1[nH]c(=O)c2ccccc2c1=O)N1CCN(c2ccccc2F)CC1. The largest absolute Gasteiger partial charge is 0.366 e. The molecule has 4 rings (SSSR count). The number of rotatable bonds is 4. The Morgan fingerprint density at radius 1 is 0.931 bits per heavy atom. The number of benzene rings is 2. The van der Waals surface area contributed by atoms with Crippen LogP contribution in [0.15, 0.2) is 58.1 Å². The van der Waals surface area contributed by atoms with Crippen molar-refractivity contribution in [1.29, 1.82) is 0 Å². The lowest BCUT2D eigenvalue weighted by Crippen LogP contribution is -2.49.